The number of anilines is 1. The Labute approximate surface area is 212 Å². The van der Waals surface area contributed by atoms with Gasteiger partial charge in [-0.2, -0.15) is 0 Å². The number of carbonyl (C=O) groups is 2. The zero-order valence-electron chi connectivity index (χ0n) is 19.3. The van der Waals surface area contributed by atoms with Crippen molar-refractivity contribution in [1.82, 2.24) is 24.6 Å². The van der Waals surface area contributed by atoms with Crippen molar-refractivity contribution < 1.29 is 14.0 Å². The van der Waals surface area contributed by atoms with Gasteiger partial charge < -0.3 is 19.9 Å². The number of halogens is 2. The van der Waals surface area contributed by atoms with Gasteiger partial charge in [0.05, 0.1) is 5.56 Å². The standard InChI is InChI=1S/C26H24ClFN6O2/c27-24-23(28)21(5-9-30-24)25(35)34-12-7-19(8-13-34)18-1-3-20(4-2-18)32-26(36)31-16-17-6-11-33-14-10-29-22(33)15-17/h1-6,9-11,14-15,19H,7-8,12-13,16H2,(H2,31,32,36). The molecule has 36 heavy (non-hydrogen) atoms. The van der Waals surface area contributed by atoms with Crippen LogP contribution in [0.25, 0.3) is 5.65 Å². The van der Waals surface area contributed by atoms with E-state index in [2.05, 4.69) is 20.6 Å². The Morgan fingerprint density at radius 2 is 1.81 bits per heavy atom. The van der Waals surface area contributed by atoms with Crippen molar-refractivity contribution in [2.75, 3.05) is 18.4 Å². The maximum absolute atomic E-state index is 14.2. The average Bonchev–Trinajstić information content (AvgIpc) is 3.37. The average molecular weight is 507 g/mol. The van der Waals surface area contributed by atoms with Crippen LogP contribution >= 0.6 is 11.6 Å². The van der Waals surface area contributed by atoms with Crippen LogP contribution in [0, 0.1) is 5.82 Å². The molecular weight excluding hydrogens is 483 g/mol. The number of likely N-dealkylation sites (tertiary alicyclic amines) is 1. The van der Waals surface area contributed by atoms with Crippen LogP contribution in [-0.4, -0.2) is 44.3 Å². The van der Waals surface area contributed by atoms with E-state index >= 15 is 0 Å². The highest BCUT2D eigenvalue weighted by Crippen LogP contribution is 2.30. The molecule has 10 heteroatoms. The molecule has 0 bridgehead atoms. The first-order chi connectivity index (χ1) is 17.5. The lowest BCUT2D eigenvalue weighted by Gasteiger charge is -2.32. The quantitative estimate of drug-likeness (QED) is 0.378. The van der Waals surface area contributed by atoms with E-state index in [4.69, 9.17) is 11.6 Å². The van der Waals surface area contributed by atoms with Crippen molar-refractivity contribution in [3.63, 3.8) is 0 Å². The summed E-state index contributed by atoms with van der Waals surface area (Å²) >= 11 is 5.71. The Morgan fingerprint density at radius 1 is 1.03 bits per heavy atom. The molecule has 0 aliphatic carbocycles. The molecule has 4 aromatic rings. The van der Waals surface area contributed by atoms with Gasteiger partial charge in [0.15, 0.2) is 11.0 Å². The summed E-state index contributed by atoms with van der Waals surface area (Å²) in [6, 6.07) is 12.7. The third-order valence-electron chi connectivity index (χ3n) is 6.41. The number of carbonyl (C=O) groups excluding carboxylic acids is 2. The molecule has 2 N–H and O–H groups in total. The topological polar surface area (TPSA) is 91.6 Å². The van der Waals surface area contributed by atoms with Crippen molar-refractivity contribution in [2.45, 2.75) is 25.3 Å². The molecular formula is C26H24ClFN6O2. The highest BCUT2D eigenvalue weighted by atomic mass is 35.5. The molecule has 1 fully saturated rings. The van der Waals surface area contributed by atoms with E-state index in [0.717, 1.165) is 29.6 Å². The van der Waals surface area contributed by atoms with E-state index in [0.29, 0.717) is 25.3 Å². The minimum absolute atomic E-state index is 0.0516. The van der Waals surface area contributed by atoms with Crippen LogP contribution in [0.2, 0.25) is 5.15 Å². The van der Waals surface area contributed by atoms with E-state index in [1.807, 2.05) is 53.2 Å². The number of aromatic nitrogens is 3. The maximum Gasteiger partial charge on any atom is 0.319 e. The number of amides is 3. The molecule has 4 heterocycles. The number of hydrogen-bond acceptors (Lipinski definition) is 4. The largest absolute Gasteiger partial charge is 0.339 e. The number of nitrogens with zero attached hydrogens (tertiary/aromatic N) is 4. The third-order valence-corrected chi connectivity index (χ3v) is 6.68. The van der Waals surface area contributed by atoms with Crippen LogP contribution in [0.15, 0.2) is 67.3 Å². The lowest BCUT2D eigenvalue weighted by atomic mass is 9.89. The summed E-state index contributed by atoms with van der Waals surface area (Å²) in [6.45, 7) is 1.44. The fourth-order valence-corrected chi connectivity index (χ4v) is 4.59. The van der Waals surface area contributed by atoms with Gasteiger partial charge in [-0.3, -0.25) is 4.79 Å². The number of piperidine rings is 1. The van der Waals surface area contributed by atoms with Gasteiger partial charge in [0.25, 0.3) is 5.91 Å². The van der Waals surface area contributed by atoms with Gasteiger partial charge in [-0.25, -0.2) is 19.2 Å². The van der Waals surface area contributed by atoms with Crippen LogP contribution in [0.5, 0.6) is 0 Å². The first-order valence-electron chi connectivity index (χ1n) is 11.6. The second kappa shape index (κ2) is 10.3. The Kier molecular flexibility index (Phi) is 6.81. The van der Waals surface area contributed by atoms with Crippen LogP contribution in [-0.2, 0) is 6.54 Å². The number of benzene rings is 1. The van der Waals surface area contributed by atoms with Gasteiger partial charge in [0.1, 0.15) is 5.65 Å². The van der Waals surface area contributed by atoms with Crippen molar-refractivity contribution >= 4 is 34.9 Å². The molecule has 8 nitrogen and oxygen atoms in total. The predicted molar refractivity (Wildman–Crippen MR) is 135 cm³/mol. The van der Waals surface area contributed by atoms with Gasteiger partial charge in [-0.15, -0.1) is 0 Å². The second-order valence-electron chi connectivity index (χ2n) is 8.69. The van der Waals surface area contributed by atoms with Crippen LogP contribution in [0.1, 0.15) is 40.2 Å². The van der Waals surface area contributed by atoms with E-state index < -0.39 is 5.82 Å². The lowest BCUT2D eigenvalue weighted by Crippen LogP contribution is -2.38. The Balaban J connectivity index is 1.11. The summed E-state index contributed by atoms with van der Waals surface area (Å²) in [5.41, 5.74) is 3.56. The smallest absolute Gasteiger partial charge is 0.319 e. The third kappa shape index (κ3) is 5.16. The number of hydrogen-bond donors (Lipinski definition) is 2. The summed E-state index contributed by atoms with van der Waals surface area (Å²) in [6.07, 6.45) is 8.36. The van der Waals surface area contributed by atoms with Crippen molar-refractivity contribution in [1.29, 1.82) is 0 Å². The zero-order valence-corrected chi connectivity index (χ0v) is 20.1. The van der Waals surface area contributed by atoms with E-state index in [1.165, 1.54) is 12.3 Å². The second-order valence-corrected chi connectivity index (χ2v) is 9.05. The van der Waals surface area contributed by atoms with Gasteiger partial charge in [0.2, 0.25) is 0 Å². The summed E-state index contributed by atoms with van der Waals surface area (Å²) < 4.78 is 16.1. The number of pyridine rings is 2. The van der Waals surface area contributed by atoms with Crippen LogP contribution in [0.3, 0.4) is 0 Å². The van der Waals surface area contributed by atoms with E-state index in [-0.39, 0.29) is 28.6 Å². The van der Waals surface area contributed by atoms with Gasteiger partial charge in [-0.05, 0) is 60.2 Å². The normalized spacial score (nSPS) is 14.1. The number of imidazole rings is 1. The number of rotatable bonds is 5. The molecule has 1 saturated heterocycles. The molecule has 0 unspecified atom stereocenters. The molecule has 0 saturated carbocycles. The molecule has 1 aliphatic heterocycles. The minimum Gasteiger partial charge on any atom is -0.339 e. The lowest BCUT2D eigenvalue weighted by molar-refractivity contribution is 0.0708. The molecule has 0 atom stereocenters. The number of urea groups is 1. The van der Waals surface area contributed by atoms with E-state index in [9.17, 15) is 14.0 Å². The summed E-state index contributed by atoms with van der Waals surface area (Å²) in [4.78, 5) is 34.6. The number of nitrogens with one attached hydrogen (secondary N) is 2. The monoisotopic (exact) mass is 506 g/mol. The predicted octanol–water partition coefficient (Wildman–Crippen LogP) is 4.86. The Morgan fingerprint density at radius 3 is 2.58 bits per heavy atom. The Hall–Kier alpha value is -3.98. The highest BCUT2D eigenvalue weighted by molar-refractivity contribution is 6.29. The minimum atomic E-state index is -0.780. The fourth-order valence-electron chi connectivity index (χ4n) is 4.43. The molecule has 1 aromatic carbocycles. The van der Waals surface area contributed by atoms with E-state index in [1.54, 1.807) is 11.1 Å². The molecule has 3 amide bonds. The molecule has 5 rings (SSSR count). The zero-order chi connectivity index (χ0) is 25.1. The SMILES string of the molecule is O=C(NCc1ccn2ccnc2c1)Nc1ccc(C2CCN(C(=O)c3ccnc(Cl)c3F)CC2)cc1. The van der Waals surface area contributed by atoms with Crippen molar-refractivity contribution in [2.24, 2.45) is 0 Å². The van der Waals surface area contributed by atoms with Crippen molar-refractivity contribution in [3.8, 4) is 0 Å². The summed E-state index contributed by atoms with van der Waals surface area (Å²) in [7, 11) is 0. The molecule has 0 radical (unpaired) electrons. The highest BCUT2D eigenvalue weighted by Gasteiger charge is 2.27. The molecule has 1 aliphatic rings. The number of fused-ring (bicyclic) bond motifs is 1. The van der Waals surface area contributed by atoms with Crippen LogP contribution in [0.4, 0.5) is 14.9 Å². The summed E-state index contributed by atoms with van der Waals surface area (Å²) in [5, 5.41) is 5.41. The first-order valence-corrected chi connectivity index (χ1v) is 12.0. The Bertz CT molecular complexity index is 1400. The summed E-state index contributed by atoms with van der Waals surface area (Å²) in [5.74, 6) is -0.872. The maximum atomic E-state index is 14.2. The molecule has 184 valence electrons. The van der Waals surface area contributed by atoms with Gasteiger partial charge >= 0.3 is 6.03 Å². The van der Waals surface area contributed by atoms with Crippen molar-refractivity contribution in [3.05, 3.63) is 94.9 Å². The fraction of sp³-hybridized carbons (Fsp3) is 0.231. The first kappa shape index (κ1) is 23.7. The van der Waals surface area contributed by atoms with Crippen LogP contribution < -0.4 is 10.6 Å². The van der Waals surface area contributed by atoms with Gasteiger partial charge in [-0.1, -0.05) is 23.7 Å². The molecule has 3 aromatic heterocycles. The molecule has 0 spiro atoms. The van der Waals surface area contributed by atoms with Gasteiger partial charge in [0, 0.05) is 50.1 Å².